The van der Waals surface area contributed by atoms with Gasteiger partial charge in [-0.25, -0.2) is 0 Å². The van der Waals surface area contributed by atoms with Crippen LogP contribution in [0.2, 0.25) is 0 Å². The van der Waals surface area contributed by atoms with E-state index in [9.17, 15) is 13.2 Å². The SMILES string of the molecule is CCC(C)C(Cn1ccc(C(F)(F)F)n1)NC. The van der Waals surface area contributed by atoms with Crippen LogP contribution < -0.4 is 5.32 Å². The van der Waals surface area contributed by atoms with Gasteiger partial charge < -0.3 is 5.32 Å². The van der Waals surface area contributed by atoms with Crippen LogP contribution in [0.15, 0.2) is 12.3 Å². The highest BCUT2D eigenvalue weighted by molar-refractivity contribution is 5.03. The van der Waals surface area contributed by atoms with Gasteiger partial charge in [-0.1, -0.05) is 20.3 Å². The molecule has 1 rings (SSSR count). The largest absolute Gasteiger partial charge is 0.435 e. The molecule has 0 fully saturated rings. The zero-order valence-corrected chi connectivity index (χ0v) is 10.3. The van der Waals surface area contributed by atoms with Gasteiger partial charge in [0.15, 0.2) is 5.69 Å². The molecule has 1 N–H and O–H groups in total. The Kier molecular flexibility index (Phi) is 4.56. The lowest BCUT2D eigenvalue weighted by Crippen LogP contribution is -2.36. The van der Waals surface area contributed by atoms with Crippen LogP contribution in [0.25, 0.3) is 0 Å². The molecule has 0 aromatic carbocycles. The Labute approximate surface area is 99.0 Å². The van der Waals surface area contributed by atoms with E-state index in [1.165, 1.54) is 10.9 Å². The Bertz CT molecular complexity index is 346. The van der Waals surface area contributed by atoms with E-state index in [0.717, 1.165) is 12.5 Å². The van der Waals surface area contributed by atoms with Crippen molar-refractivity contribution in [2.75, 3.05) is 7.05 Å². The molecule has 6 heteroatoms. The van der Waals surface area contributed by atoms with Gasteiger partial charge in [-0.3, -0.25) is 4.68 Å². The Hall–Kier alpha value is -1.04. The highest BCUT2D eigenvalue weighted by Crippen LogP contribution is 2.27. The van der Waals surface area contributed by atoms with Crippen LogP contribution in [0.4, 0.5) is 13.2 Å². The van der Waals surface area contributed by atoms with Crippen molar-refractivity contribution in [2.24, 2.45) is 5.92 Å². The monoisotopic (exact) mass is 249 g/mol. The third-order valence-corrected chi connectivity index (χ3v) is 3.02. The number of aromatic nitrogens is 2. The lowest BCUT2D eigenvalue weighted by molar-refractivity contribution is -0.141. The summed E-state index contributed by atoms with van der Waals surface area (Å²) in [7, 11) is 1.81. The number of hydrogen-bond donors (Lipinski definition) is 1. The normalized spacial score (nSPS) is 15.9. The van der Waals surface area contributed by atoms with Gasteiger partial charge in [0.25, 0.3) is 0 Å². The number of alkyl halides is 3. The minimum absolute atomic E-state index is 0.126. The Morgan fingerprint density at radius 2 is 2.12 bits per heavy atom. The van der Waals surface area contributed by atoms with Gasteiger partial charge in [-0.05, 0) is 19.0 Å². The van der Waals surface area contributed by atoms with Gasteiger partial charge in [-0.15, -0.1) is 0 Å². The fraction of sp³-hybridized carbons (Fsp3) is 0.727. The molecule has 1 aromatic rings. The molecule has 0 saturated carbocycles. The van der Waals surface area contributed by atoms with Crippen molar-refractivity contribution in [2.45, 2.75) is 39.0 Å². The summed E-state index contributed by atoms with van der Waals surface area (Å²) in [5, 5.41) is 6.64. The summed E-state index contributed by atoms with van der Waals surface area (Å²) in [6.07, 6.45) is -2.02. The lowest BCUT2D eigenvalue weighted by Gasteiger charge is -2.22. The molecule has 0 bridgehead atoms. The van der Waals surface area contributed by atoms with Gasteiger partial charge in [0.2, 0.25) is 0 Å². The Morgan fingerprint density at radius 1 is 1.47 bits per heavy atom. The topological polar surface area (TPSA) is 29.9 Å². The van der Waals surface area contributed by atoms with Crippen molar-refractivity contribution in [3.63, 3.8) is 0 Å². The molecule has 0 aliphatic rings. The van der Waals surface area contributed by atoms with Gasteiger partial charge in [-0.2, -0.15) is 18.3 Å². The third kappa shape index (κ3) is 3.73. The molecular formula is C11H18F3N3. The number of nitrogens with one attached hydrogen (secondary N) is 1. The highest BCUT2D eigenvalue weighted by Gasteiger charge is 2.33. The molecule has 2 unspecified atom stereocenters. The first-order valence-electron chi connectivity index (χ1n) is 5.66. The second kappa shape index (κ2) is 5.53. The Morgan fingerprint density at radius 3 is 2.53 bits per heavy atom. The van der Waals surface area contributed by atoms with Crippen LogP contribution in [-0.4, -0.2) is 22.9 Å². The van der Waals surface area contributed by atoms with Crippen molar-refractivity contribution in [1.82, 2.24) is 15.1 Å². The highest BCUT2D eigenvalue weighted by atomic mass is 19.4. The first kappa shape index (κ1) is 14.0. The minimum Gasteiger partial charge on any atom is -0.315 e. The van der Waals surface area contributed by atoms with Crippen LogP contribution >= 0.6 is 0 Å². The quantitative estimate of drug-likeness (QED) is 0.869. The van der Waals surface area contributed by atoms with Crippen molar-refractivity contribution in [1.29, 1.82) is 0 Å². The molecule has 98 valence electrons. The van der Waals surface area contributed by atoms with E-state index in [2.05, 4.69) is 24.3 Å². The van der Waals surface area contributed by atoms with E-state index >= 15 is 0 Å². The van der Waals surface area contributed by atoms with Crippen LogP contribution in [-0.2, 0) is 12.7 Å². The van der Waals surface area contributed by atoms with Crippen molar-refractivity contribution in [3.8, 4) is 0 Å². The maximum absolute atomic E-state index is 12.4. The number of nitrogens with zero attached hydrogens (tertiary/aromatic N) is 2. The first-order valence-corrected chi connectivity index (χ1v) is 5.66. The zero-order valence-electron chi connectivity index (χ0n) is 10.3. The minimum atomic E-state index is -4.36. The molecule has 0 spiro atoms. The predicted octanol–water partition coefficient (Wildman–Crippen LogP) is 2.54. The summed E-state index contributed by atoms with van der Waals surface area (Å²) in [5.41, 5.74) is -0.837. The van der Waals surface area contributed by atoms with Gasteiger partial charge in [0.1, 0.15) is 0 Å². The summed E-state index contributed by atoms with van der Waals surface area (Å²) in [4.78, 5) is 0. The fourth-order valence-electron chi connectivity index (χ4n) is 1.66. The summed E-state index contributed by atoms with van der Waals surface area (Å²) < 4.78 is 38.4. The molecule has 0 saturated heterocycles. The smallest absolute Gasteiger partial charge is 0.315 e. The van der Waals surface area contributed by atoms with Crippen LogP contribution in [0, 0.1) is 5.92 Å². The standard InChI is InChI=1S/C11H18F3N3/c1-4-8(2)9(15-3)7-17-6-5-10(16-17)11(12,13)14/h5-6,8-9,15H,4,7H2,1-3H3. The summed E-state index contributed by atoms with van der Waals surface area (Å²) >= 11 is 0. The molecule has 0 radical (unpaired) electrons. The number of likely N-dealkylation sites (N-methyl/N-ethyl adjacent to an activating group) is 1. The molecule has 3 nitrogen and oxygen atoms in total. The average Bonchev–Trinajstić information content (AvgIpc) is 2.73. The molecule has 17 heavy (non-hydrogen) atoms. The van der Waals surface area contributed by atoms with Gasteiger partial charge >= 0.3 is 6.18 Å². The van der Waals surface area contributed by atoms with E-state index in [4.69, 9.17) is 0 Å². The summed E-state index contributed by atoms with van der Waals surface area (Å²) in [5.74, 6) is 0.388. The third-order valence-electron chi connectivity index (χ3n) is 3.02. The van der Waals surface area contributed by atoms with E-state index in [0.29, 0.717) is 12.5 Å². The van der Waals surface area contributed by atoms with Gasteiger partial charge in [0, 0.05) is 12.2 Å². The molecule has 1 heterocycles. The number of rotatable bonds is 5. The van der Waals surface area contributed by atoms with E-state index in [-0.39, 0.29) is 6.04 Å². The summed E-state index contributed by atoms with van der Waals surface area (Å²) in [6.45, 7) is 4.57. The maximum Gasteiger partial charge on any atom is 0.435 e. The van der Waals surface area contributed by atoms with Crippen molar-refractivity contribution >= 4 is 0 Å². The van der Waals surface area contributed by atoms with E-state index < -0.39 is 11.9 Å². The molecule has 2 atom stereocenters. The van der Waals surface area contributed by atoms with Gasteiger partial charge in [0.05, 0.1) is 6.54 Å². The second-order valence-electron chi connectivity index (χ2n) is 4.20. The molecule has 0 amide bonds. The zero-order chi connectivity index (χ0) is 13.1. The molecule has 0 aliphatic carbocycles. The van der Waals surface area contributed by atoms with E-state index in [1.54, 1.807) is 0 Å². The van der Waals surface area contributed by atoms with Crippen LogP contribution in [0.5, 0.6) is 0 Å². The molecular weight excluding hydrogens is 231 g/mol. The van der Waals surface area contributed by atoms with E-state index in [1.807, 2.05) is 7.05 Å². The number of hydrogen-bond acceptors (Lipinski definition) is 2. The second-order valence-corrected chi connectivity index (χ2v) is 4.20. The molecule has 0 aliphatic heterocycles. The fourth-order valence-corrected chi connectivity index (χ4v) is 1.66. The average molecular weight is 249 g/mol. The lowest BCUT2D eigenvalue weighted by atomic mass is 9.99. The number of halogens is 3. The Balaban J connectivity index is 2.71. The molecule has 1 aromatic heterocycles. The van der Waals surface area contributed by atoms with Crippen molar-refractivity contribution in [3.05, 3.63) is 18.0 Å². The predicted molar refractivity (Wildman–Crippen MR) is 59.5 cm³/mol. The first-order chi connectivity index (χ1) is 7.88. The van der Waals surface area contributed by atoms with Crippen LogP contribution in [0.3, 0.4) is 0 Å². The summed E-state index contributed by atoms with van der Waals surface area (Å²) in [6, 6.07) is 1.13. The van der Waals surface area contributed by atoms with Crippen LogP contribution in [0.1, 0.15) is 26.0 Å². The van der Waals surface area contributed by atoms with Crippen molar-refractivity contribution < 1.29 is 13.2 Å². The maximum atomic E-state index is 12.4.